The molecule has 0 atom stereocenters. The summed E-state index contributed by atoms with van der Waals surface area (Å²) in [7, 11) is 0. The molecule has 0 aliphatic carbocycles. The van der Waals surface area contributed by atoms with Crippen LogP contribution < -0.4 is 16.3 Å². The standard InChI is InChI=1S/C21H24N4O3/c1-21(2,3)14-6-4-13(5-7-14)19(27)22-11-10-18(26)23-15-8-9-16-17(12-15)25-20(28)24-16/h4-9,12H,10-11H2,1-3H3,(H,22,27)(H,23,26)(H2,24,25,28). The molecule has 0 spiro atoms. The highest BCUT2D eigenvalue weighted by atomic mass is 16.2. The van der Waals surface area contributed by atoms with Crippen molar-refractivity contribution < 1.29 is 9.59 Å². The van der Waals surface area contributed by atoms with Crippen molar-refractivity contribution in [1.29, 1.82) is 0 Å². The van der Waals surface area contributed by atoms with Crippen LogP contribution in [-0.4, -0.2) is 28.3 Å². The summed E-state index contributed by atoms with van der Waals surface area (Å²) in [6.45, 7) is 6.58. The van der Waals surface area contributed by atoms with Gasteiger partial charge in [-0.25, -0.2) is 4.79 Å². The Hall–Kier alpha value is -3.35. The van der Waals surface area contributed by atoms with Crippen molar-refractivity contribution in [3.8, 4) is 0 Å². The molecule has 0 aliphatic rings. The van der Waals surface area contributed by atoms with Gasteiger partial charge in [0.05, 0.1) is 11.0 Å². The van der Waals surface area contributed by atoms with E-state index in [4.69, 9.17) is 0 Å². The van der Waals surface area contributed by atoms with Gasteiger partial charge in [0.15, 0.2) is 0 Å². The number of hydrogen-bond acceptors (Lipinski definition) is 3. The Labute approximate surface area is 162 Å². The number of carbonyl (C=O) groups excluding carboxylic acids is 2. The molecule has 0 radical (unpaired) electrons. The van der Waals surface area contributed by atoms with Crippen molar-refractivity contribution in [2.75, 3.05) is 11.9 Å². The van der Waals surface area contributed by atoms with E-state index in [0.29, 0.717) is 22.3 Å². The Kier molecular flexibility index (Phi) is 5.35. The second-order valence-corrected chi connectivity index (χ2v) is 7.72. The molecule has 2 amide bonds. The number of carbonyl (C=O) groups is 2. The monoisotopic (exact) mass is 380 g/mol. The number of amides is 2. The zero-order valence-corrected chi connectivity index (χ0v) is 16.2. The molecule has 7 nitrogen and oxygen atoms in total. The molecule has 4 N–H and O–H groups in total. The van der Waals surface area contributed by atoms with E-state index in [-0.39, 0.29) is 35.9 Å². The minimum atomic E-state index is -0.295. The van der Waals surface area contributed by atoms with E-state index in [1.54, 1.807) is 30.3 Å². The molecule has 1 heterocycles. The van der Waals surface area contributed by atoms with Crippen LogP contribution in [-0.2, 0) is 10.2 Å². The molecule has 0 saturated carbocycles. The van der Waals surface area contributed by atoms with Crippen LogP contribution in [0.4, 0.5) is 5.69 Å². The molecule has 0 unspecified atom stereocenters. The molecular formula is C21H24N4O3. The highest BCUT2D eigenvalue weighted by molar-refractivity contribution is 5.95. The van der Waals surface area contributed by atoms with Crippen LogP contribution in [0.25, 0.3) is 11.0 Å². The van der Waals surface area contributed by atoms with Crippen LogP contribution in [0.1, 0.15) is 43.1 Å². The van der Waals surface area contributed by atoms with Crippen LogP contribution in [0.3, 0.4) is 0 Å². The van der Waals surface area contributed by atoms with Crippen LogP contribution in [0.2, 0.25) is 0 Å². The molecule has 0 bridgehead atoms. The molecule has 0 fully saturated rings. The zero-order chi connectivity index (χ0) is 20.3. The lowest BCUT2D eigenvalue weighted by atomic mass is 9.87. The molecule has 3 rings (SSSR count). The average molecular weight is 380 g/mol. The summed E-state index contributed by atoms with van der Waals surface area (Å²) in [5.41, 5.74) is 3.33. The first-order valence-electron chi connectivity index (χ1n) is 9.13. The maximum atomic E-state index is 12.2. The Morgan fingerprint density at radius 1 is 0.964 bits per heavy atom. The first-order valence-corrected chi connectivity index (χ1v) is 9.13. The van der Waals surface area contributed by atoms with Gasteiger partial charge in [-0.3, -0.25) is 9.59 Å². The molecule has 146 valence electrons. The van der Waals surface area contributed by atoms with Crippen molar-refractivity contribution >= 4 is 28.5 Å². The lowest BCUT2D eigenvalue weighted by Crippen LogP contribution is -2.27. The van der Waals surface area contributed by atoms with Crippen molar-refractivity contribution in [2.24, 2.45) is 0 Å². The minimum Gasteiger partial charge on any atom is -0.352 e. The maximum Gasteiger partial charge on any atom is 0.323 e. The summed E-state index contributed by atoms with van der Waals surface area (Å²) in [4.78, 5) is 40.9. The van der Waals surface area contributed by atoms with Gasteiger partial charge in [0.1, 0.15) is 0 Å². The Balaban J connectivity index is 1.50. The van der Waals surface area contributed by atoms with E-state index in [9.17, 15) is 14.4 Å². The second-order valence-electron chi connectivity index (χ2n) is 7.72. The first-order chi connectivity index (χ1) is 13.2. The lowest BCUT2D eigenvalue weighted by Gasteiger charge is -2.19. The van der Waals surface area contributed by atoms with Gasteiger partial charge in [-0.2, -0.15) is 0 Å². The summed E-state index contributed by atoms with van der Waals surface area (Å²) in [5, 5.41) is 5.51. The van der Waals surface area contributed by atoms with Crippen molar-refractivity contribution in [3.63, 3.8) is 0 Å². The SMILES string of the molecule is CC(C)(C)c1ccc(C(=O)NCCC(=O)Nc2ccc3[nH]c(=O)[nH]c3c2)cc1. The van der Waals surface area contributed by atoms with E-state index >= 15 is 0 Å². The second kappa shape index (κ2) is 7.72. The maximum absolute atomic E-state index is 12.2. The number of H-pyrrole nitrogens is 2. The van der Waals surface area contributed by atoms with Crippen LogP contribution in [0.5, 0.6) is 0 Å². The van der Waals surface area contributed by atoms with Crippen molar-refractivity contribution in [3.05, 3.63) is 64.1 Å². The van der Waals surface area contributed by atoms with Gasteiger partial charge < -0.3 is 20.6 Å². The quantitative estimate of drug-likeness (QED) is 0.547. The molecule has 2 aromatic carbocycles. The van der Waals surface area contributed by atoms with Gasteiger partial charge >= 0.3 is 5.69 Å². The molecule has 0 saturated heterocycles. The summed E-state index contributed by atoms with van der Waals surface area (Å²) in [6.07, 6.45) is 0.146. The van der Waals surface area contributed by atoms with E-state index < -0.39 is 0 Å². The van der Waals surface area contributed by atoms with Gasteiger partial charge in [-0.05, 0) is 41.3 Å². The van der Waals surface area contributed by atoms with Gasteiger partial charge in [0, 0.05) is 24.2 Å². The average Bonchev–Trinajstić information content (AvgIpc) is 3.00. The number of fused-ring (bicyclic) bond motifs is 1. The fourth-order valence-corrected chi connectivity index (χ4v) is 2.85. The predicted molar refractivity (Wildman–Crippen MR) is 110 cm³/mol. The molecular weight excluding hydrogens is 356 g/mol. The molecule has 0 aliphatic heterocycles. The number of nitrogens with one attached hydrogen (secondary N) is 4. The highest BCUT2D eigenvalue weighted by Crippen LogP contribution is 2.22. The zero-order valence-electron chi connectivity index (χ0n) is 16.2. The molecule has 7 heteroatoms. The lowest BCUT2D eigenvalue weighted by molar-refractivity contribution is -0.116. The minimum absolute atomic E-state index is 0.0313. The Morgan fingerprint density at radius 3 is 2.32 bits per heavy atom. The fourth-order valence-electron chi connectivity index (χ4n) is 2.85. The van der Waals surface area contributed by atoms with E-state index in [0.717, 1.165) is 5.56 Å². The van der Waals surface area contributed by atoms with Gasteiger partial charge in [-0.1, -0.05) is 32.9 Å². The third-order valence-corrected chi connectivity index (χ3v) is 4.45. The summed E-state index contributed by atoms with van der Waals surface area (Å²) < 4.78 is 0. The fraction of sp³-hybridized carbons (Fsp3) is 0.286. The normalized spacial score (nSPS) is 11.4. The summed E-state index contributed by atoms with van der Waals surface area (Å²) >= 11 is 0. The van der Waals surface area contributed by atoms with Crippen LogP contribution in [0.15, 0.2) is 47.3 Å². The number of rotatable bonds is 5. The van der Waals surface area contributed by atoms with Crippen molar-refractivity contribution in [2.45, 2.75) is 32.6 Å². The number of aromatic amines is 2. The number of imidazole rings is 1. The van der Waals surface area contributed by atoms with Crippen LogP contribution >= 0.6 is 0 Å². The van der Waals surface area contributed by atoms with E-state index in [2.05, 4.69) is 41.4 Å². The first kappa shape index (κ1) is 19.4. The van der Waals surface area contributed by atoms with Gasteiger partial charge in [-0.15, -0.1) is 0 Å². The molecule has 28 heavy (non-hydrogen) atoms. The van der Waals surface area contributed by atoms with Crippen molar-refractivity contribution in [1.82, 2.24) is 15.3 Å². The Morgan fingerprint density at radius 2 is 1.64 bits per heavy atom. The molecule has 1 aromatic heterocycles. The summed E-state index contributed by atoms with van der Waals surface area (Å²) in [6, 6.07) is 12.6. The third kappa shape index (κ3) is 4.68. The number of aromatic nitrogens is 2. The van der Waals surface area contributed by atoms with Crippen LogP contribution in [0, 0.1) is 0 Å². The highest BCUT2D eigenvalue weighted by Gasteiger charge is 2.14. The smallest absolute Gasteiger partial charge is 0.323 e. The van der Waals surface area contributed by atoms with Gasteiger partial charge in [0.25, 0.3) is 5.91 Å². The third-order valence-electron chi connectivity index (χ3n) is 4.45. The van der Waals surface area contributed by atoms with Gasteiger partial charge in [0.2, 0.25) is 5.91 Å². The Bertz CT molecular complexity index is 1060. The molecule has 3 aromatic rings. The number of anilines is 1. The topological polar surface area (TPSA) is 107 Å². The number of benzene rings is 2. The summed E-state index contributed by atoms with van der Waals surface area (Å²) in [5.74, 6) is -0.430. The van der Waals surface area contributed by atoms with E-state index in [1.165, 1.54) is 0 Å². The largest absolute Gasteiger partial charge is 0.352 e. The van der Waals surface area contributed by atoms with E-state index in [1.807, 2.05) is 12.1 Å². The number of hydrogen-bond donors (Lipinski definition) is 4. The predicted octanol–water partition coefficient (Wildman–Crippen LogP) is 2.91.